The van der Waals surface area contributed by atoms with Crippen LogP contribution in [0, 0.1) is 68.2 Å². The number of benzene rings is 1. The van der Waals surface area contributed by atoms with Crippen LogP contribution in [0.4, 0.5) is 0 Å². The fraction of sp³-hybridized carbons (Fsp3) is 0. The lowest BCUT2D eigenvalue weighted by molar-refractivity contribution is -0.754. The summed E-state index contributed by atoms with van der Waals surface area (Å²) < 4.78 is -1.24. The normalized spacial score (nSPS) is 17.7. The molecule has 0 bridgehead atoms. The SMILES string of the molecule is N#CC1=C(C#N)C2=c3ccccc3=C3N(NN=N[N+]3(C#N)C#N)N2C(C#N)=C1C#N. The number of rotatable bonds is 0. The van der Waals surface area contributed by atoms with Gasteiger partial charge in [0.1, 0.15) is 29.8 Å². The van der Waals surface area contributed by atoms with Crippen molar-refractivity contribution in [1.29, 1.82) is 31.6 Å². The Morgan fingerprint density at radius 2 is 1.43 bits per heavy atom. The van der Waals surface area contributed by atoms with E-state index in [-0.39, 0.29) is 33.9 Å². The van der Waals surface area contributed by atoms with E-state index in [1.165, 1.54) is 0 Å². The molecule has 3 aliphatic heterocycles. The molecule has 0 aliphatic carbocycles. The third kappa shape index (κ3) is 1.94. The topological polar surface area (TPSA) is 186 Å². The second-order valence-corrected chi connectivity index (χ2v) is 5.89. The van der Waals surface area contributed by atoms with Crippen LogP contribution in [0.2, 0.25) is 0 Å². The molecule has 3 heterocycles. The second-order valence-electron chi connectivity index (χ2n) is 5.89. The Bertz CT molecular complexity index is 1480. The summed E-state index contributed by atoms with van der Waals surface area (Å²) >= 11 is 0. The highest BCUT2D eigenvalue weighted by atomic mass is 16.0. The van der Waals surface area contributed by atoms with Crippen LogP contribution in [-0.2, 0) is 0 Å². The molecule has 136 valence electrons. The number of allylic oxidation sites excluding steroid dienone is 3. The molecular formula is C18H5N12+. The Hall–Kier alpha value is -5.66. The molecule has 0 atom stereocenters. The van der Waals surface area contributed by atoms with Gasteiger partial charge >= 0.3 is 18.2 Å². The first-order chi connectivity index (χ1) is 14.6. The molecule has 12 nitrogen and oxygen atoms in total. The maximum atomic E-state index is 9.80. The first-order valence-corrected chi connectivity index (χ1v) is 8.06. The molecule has 0 radical (unpaired) electrons. The predicted molar refractivity (Wildman–Crippen MR) is 92.2 cm³/mol. The van der Waals surface area contributed by atoms with Gasteiger partial charge in [-0.05, 0) is 6.07 Å². The highest BCUT2D eigenvalue weighted by molar-refractivity contribution is 5.82. The van der Waals surface area contributed by atoms with Crippen LogP contribution in [0.25, 0.3) is 11.5 Å². The van der Waals surface area contributed by atoms with E-state index in [1.54, 1.807) is 42.7 Å². The van der Waals surface area contributed by atoms with E-state index in [9.17, 15) is 31.6 Å². The zero-order valence-corrected chi connectivity index (χ0v) is 14.7. The van der Waals surface area contributed by atoms with Gasteiger partial charge in [0.05, 0.1) is 31.9 Å². The number of nitrogens with one attached hydrogen (secondary N) is 1. The summed E-state index contributed by atoms with van der Waals surface area (Å²) in [6.07, 6.45) is 3.55. The van der Waals surface area contributed by atoms with Gasteiger partial charge in [-0.25, -0.2) is 5.01 Å². The van der Waals surface area contributed by atoms with E-state index < -0.39 is 4.59 Å². The van der Waals surface area contributed by atoms with Gasteiger partial charge in [-0.1, -0.05) is 18.2 Å². The number of hydrogen-bond acceptors (Lipinski definition) is 11. The summed E-state index contributed by atoms with van der Waals surface area (Å²) in [4.78, 5) is 0. The average molecular weight is 389 g/mol. The summed E-state index contributed by atoms with van der Waals surface area (Å²) in [7, 11) is 0. The number of quaternary nitrogens is 1. The van der Waals surface area contributed by atoms with Gasteiger partial charge in [-0.2, -0.15) is 26.6 Å². The fourth-order valence-corrected chi connectivity index (χ4v) is 3.39. The first-order valence-electron chi connectivity index (χ1n) is 8.06. The third-order valence-corrected chi connectivity index (χ3v) is 4.58. The van der Waals surface area contributed by atoms with Crippen LogP contribution < -0.4 is 16.0 Å². The lowest BCUT2D eigenvalue weighted by Crippen LogP contribution is -2.63. The van der Waals surface area contributed by atoms with Crippen LogP contribution in [0.1, 0.15) is 0 Å². The molecule has 0 fully saturated rings. The minimum Gasteiger partial charge on any atom is -0.215 e. The van der Waals surface area contributed by atoms with E-state index >= 15 is 0 Å². The summed E-state index contributed by atoms with van der Waals surface area (Å²) in [6, 6.07) is 13.9. The number of hydrazine groups is 2. The highest BCUT2D eigenvalue weighted by Crippen LogP contribution is 2.39. The van der Waals surface area contributed by atoms with E-state index in [0.717, 1.165) is 10.1 Å². The van der Waals surface area contributed by atoms with Crippen molar-refractivity contribution in [2.24, 2.45) is 10.4 Å². The van der Waals surface area contributed by atoms with Crippen molar-refractivity contribution in [3.05, 3.63) is 57.1 Å². The largest absolute Gasteiger partial charge is 0.363 e. The maximum absolute atomic E-state index is 9.80. The zero-order chi connectivity index (χ0) is 21.5. The summed E-state index contributed by atoms with van der Waals surface area (Å²) in [5, 5.41) is 68.5. The van der Waals surface area contributed by atoms with Crippen molar-refractivity contribution in [1.82, 2.24) is 15.7 Å². The number of nitriles is 6. The molecule has 0 amide bonds. The monoisotopic (exact) mass is 389 g/mol. The first kappa shape index (κ1) is 17.7. The molecule has 12 heteroatoms. The molecule has 1 aromatic rings. The van der Waals surface area contributed by atoms with E-state index in [1.807, 2.05) is 18.2 Å². The van der Waals surface area contributed by atoms with E-state index in [0.29, 0.717) is 10.4 Å². The van der Waals surface area contributed by atoms with Gasteiger partial charge in [0.15, 0.2) is 5.70 Å². The predicted octanol–water partition coefficient (Wildman–Crippen LogP) is -0.369. The molecule has 0 saturated heterocycles. The molecule has 3 aliphatic rings. The van der Waals surface area contributed by atoms with Gasteiger partial charge in [0, 0.05) is 10.4 Å². The number of fused-ring (bicyclic) bond motifs is 4. The van der Waals surface area contributed by atoms with Crippen LogP contribution >= 0.6 is 0 Å². The van der Waals surface area contributed by atoms with Crippen molar-refractivity contribution in [2.45, 2.75) is 0 Å². The molecule has 4 rings (SSSR count). The molecule has 0 unspecified atom stereocenters. The second kappa shape index (κ2) is 6.20. The minimum atomic E-state index is -1.24. The molecule has 0 aromatic heterocycles. The Labute approximate surface area is 168 Å². The molecular weight excluding hydrogens is 384 g/mol. The minimum absolute atomic E-state index is 0.0166. The van der Waals surface area contributed by atoms with Gasteiger partial charge in [-0.3, -0.25) is 0 Å². The molecule has 1 aromatic carbocycles. The average Bonchev–Trinajstić information content (AvgIpc) is 2.81. The van der Waals surface area contributed by atoms with Crippen LogP contribution in [0.3, 0.4) is 0 Å². The van der Waals surface area contributed by atoms with Gasteiger partial charge < -0.3 is 0 Å². The van der Waals surface area contributed by atoms with Crippen LogP contribution in [0.5, 0.6) is 0 Å². The smallest absolute Gasteiger partial charge is 0.215 e. The fourth-order valence-electron chi connectivity index (χ4n) is 3.39. The van der Waals surface area contributed by atoms with E-state index in [4.69, 9.17) is 0 Å². The van der Waals surface area contributed by atoms with Gasteiger partial charge in [0.25, 0.3) is 0 Å². The Morgan fingerprint density at radius 1 is 0.800 bits per heavy atom. The quantitative estimate of drug-likeness (QED) is 0.456. The zero-order valence-electron chi connectivity index (χ0n) is 14.7. The van der Waals surface area contributed by atoms with Crippen molar-refractivity contribution in [2.75, 3.05) is 0 Å². The Morgan fingerprint density at radius 3 is 2.00 bits per heavy atom. The van der Waals surface area contributed by atoms with Crippen LogP contribution in [0.15, 0.2) is 57.1 Å². The maximum Gasteiger partial charge on any atom is 0.363 e. The molecule has 0 saturated carbocycles. The highest BCUT2D eigenvalue weighted by Gasteiger charge is 2.52. The van der Waals surface area contributed by atoms with Crippen molar-refractivity contribution in [3.8, 4) is 36.7 Å². The summed E-state index contributed by atoms with van der Waals surface area (Å²) in [5.74, 6) is -0.0166. The van der Waals surface area contributed by atoms with Crippen molar-refractivity contribution in [3.63, 3.8) is 0 Å². The lowest BCUT2D eigenvalue weighted by Gasteiger charge is -2.42. The lowest BCUT2D eigenvalue weighted by atomic mass is 9.92. The van der Waals surface area contributed by atoms with Crippen molar-refractivity contribution >= 4 is 11.5 Å². The van der Waals surface area contributed by atoms with E-state index in [2.05, 4.69) is 16.0 Å². The third-order valence-electron chi connectivity index (χ3n) is 4.58. The summed E-state index contributed by atoms with van der Waals surface area (Å²) in [5.41, 5.74) is 1.63. The van der Waals surface area contributed by atoms with Crippen LogP contribution in [-0.4, -0.2) is 14.7 Å². The summed E-state index contributed by atoms with van der Waals surface area (Å²) in [6.45, 7) is 0. The standard InChI is InChI=1S/C18H5N12/c19-5-13-14(6-20)16(8-22)28-17(15(13)7-21)11-3-1-2-4-12(11)18-29(28)26-25-27-30(18,9-23)10-24/h1-4H,(H,26,27)/q+1. The number of hydrogen-bond donors (Lipinski definition) is 1. The molecule has 1 N–H and O–H groups in total. The van der Waals surface area contributed by atoms with Gasteiger partial charge in [0.2, 0.25) is 0 Å². The number of nitrogens with zero attached hydrogens (tertiary/aromatic N) is 11. The molecule has 30 heavy (non-hydrogen) atoms. The Balaban J connectivity index is 2.33. The van der Waals surface area contributed by atoms with Gasteiger partial charge in [-0.15, -0.1) is 15.6 Å². The Kier molecular flexibility index (Phi) is 3.67. The molecule has 0 spiro atoms. The van der Waals surface area contributed by atoms with Crippen molar-refractivity contribution < 1.29 is 4.59 Å².